The molecule has 0 radical (unpaired) electrons. The lowest BCUT2D eigenvalue weighted by atomic mass is 10.1. The maximum Gasteiger partial charge on any atom is 0.416 e. The largest absolute Gasteiger partial charge is 0.416 e. The Morgan fingerprint density at radius 2 is 1.52 bits per heavy atom. The second-order valence-corrected chi connectivity index (χ2v) is 6.75. The van der Waals surface area contributed by atoms with E-state index >= 15 is 0 Å². The molecule has 0 saturated carbocycles. The lowest BCUT2D eigenvalue weighted by Gasteiger charge is -2.36. The van der Waals surface area contributed by atoms with E-state index in [2.05, 4.69) is 14.9 Å². The van der Waals surface area contributed by atoms with Gasteiger partial charge in [0.2, 0.25) is 5.52 Å². The molecule has 0 amide bonds. The SMILES string of the molecule is O=[N+]([O-])c1cc(C(F)(F)F)ccc1N1CCN(c2ccc3nonc3c2[N+](=O)[O-])CC1. The summed E-state index contributed by atoms with van der Waals surface area (Å²) in [6, 6.07) is 5.43. The zero-order chi connectivity index (χ0) is 22.3. The highest BCUT2D eigenvalue weighted by Gasteiger charge is 2.35. The standard InChI is InChI=1S/C17H13F3N6O5/c18-17(19,20)10-1-3-12(14(9-10)25(27)28)23-5-7-24(8-6-23)13-4-2-11-15(22-31-21-11)16(13)26(29)30/h1-4,9H,5-8H2. The van der Waals surface area contributed by atoms with E-state index in [9.17, 15) is 33.4 Å². The average Bonchev–Trinajstić information content (AvgIpc) is 3.20. The summed E-state index contributed by atoms with van der Waals surface area (Å²) in [4.78, 5) is 24.8. The maximum absolute atomic E-state index is 12.9. The number of anilines is 2. The molecule has 11 nitrogen and oxygen atoms in total. The summed E-state index contributed by atoms with van der Waals surface area (Å²) in [7, 11) is 0. The molecule has 0 spiro atoms. The lowest BCUT2D eigenvalue weighted by Crippen LogP contribution is -2.46. The molecule has 2 aromatic carbocycles. The van der Waals surface area contributed by atoms with Crippen molar-refractivity contribution in [2.24, 2.45) is 0 Å². The summed E-state index contributed by atoms with van der Waals surface area (Å²) in [5.41, 5.74) is -1.44. The molecule has 1 fully saturated rings. The molecule has 0 unspecified atom stereocenters. The van der Waals surface area contributed by atoms with Crippen molar-refractivity contribution in [2.45, 2.75) is 6.18 Å². The molecule has 0 aliphatic carbocycles. The third kappa shape index (κ3) is 3.67. The van der Waals surface area contributed by atoms with Crippen molar-refractivity contribution in [3.8, 4) is 0 Å². The fourth-order valence-electron chi connectivity index (χ4n) is 3.56. The Labute approximate surface area is 170 Å². The highest BCUT2D eigenvalue weighted by atomic mass is 19.4. The molecule has 4 rings (SSSR count). The third-order valence-corrected chi connectivity index (χ3v) is 5.02. The van der Waals surface area contributed by atoms with Gasteiger partial charge in [0.25, 0.3) is 5.69 Å². The first-order valence-corrected chi connectivity index (χ1v) is 8.92. The number of fused-ring (bicyclic) bond motifs is 1. The third-order valence-electron chi connectivity index (χ3n) is 5.02. The van der Waals surface area contributed by atoms with Crippen LogP contribution in [0.2, 0.25) is 0 Å². The van der Waals surface area contributed by atoms with Crippen LogP contribution in [0.3, 0.4) is 0 Å². The summed E-state index contributed by atoms with van der Waals surface area (Å²) in [6.45, 7) is 0.905. The Morgan fingerprint density at radius 1 is 0.903 bits per heavy atom. The van der Waals surface area contributed by atoms with Crippen molar-refractivity contribution in [1.29, 1.82) is 0 Å². The van der Waals surface area contributed by atoms with Gasteiger partial charge in [0.15, 0.2) is 0 Å². The molecular formula is C17H13F3N6O5. The number of hydrogen-bond donors (Lipinski definition) is 0. The number of nitro benzene ring substituents is 2. The van der Waals surface area contributed by atoms with E-state index < -0.39 is 27.3 Å². The summed E-state index contributed by atoms with van der Waals surface area (Å²) in [6.07, 6.45) is -4.70. The van der Waals surface area contributed by atoms with E-state index in [4.69, 9.17) is 0 Å². The Balaban J connectivity index is 1.60. The second kappa shape index (κ2) is 7.37. The van der Waals surface area contributed by atoms with E-state index in [1.165, 1.54) is 12.1 Å². The first kappa shape index (κ1) is 20.3. The van der Waals surface area contributed by atoms with Gasteiger partial charge < -0.3 is 9.80 Å². The molecule has 3 aromatic rings. The van der Waals surface area contributed by atoms with Crippen LogP contribution in [0, 0.1) is 20.2 Å². The van der Waals surface area contributed by atoms with Crippen LogP contribution in [0.25, 0.3) is 11.0 Å². The van der Waals surface area contributed by atoms with Crippen molar-refractivity contribution in [3.05, 3.63) is 56.1 Å². The van der Waals surface area contributed by atoms with Crippen LogP contribution < -0.4 is 9.80 Å². The van der Waals surface area contributed by atoms with E-state index in [-0.39, 0.29) is 54.3 Å². The predicted octanol–water partition coefficient (Wildman–Crippen LogP) is 3.38. The van der Waals surface area contributed by atoms with Crippen molar-refractivity contribution in [2.75, 3.05) is 36.0 Å². The normalized spacial score (nSPS) is 14.8. The zero-order valence-corrected chi connectivity index (χ0v) is 15.6. The molecule has 0 bridgehead atoms. The van der Waals surface area contributed by atoms with Gasteiger partial charge in [-0.15, -0.1) is 0 Å². The molecule has 0 N–H and O–H groups in total. The van der Waals surface area contributed by atoms with Gasteiger partial charge in [0, 0.05) is 32.2 Å². The number of hydrogen-bond acceptors (Lipinski definition) is 9. The summed E-state index contributed by atoms with van der Waals surface area (Å²) >= 11 is 0. The number of nitrogens with zero attached hydrogens (tertiary/aromatic N) is 6. The van der Waals surface area contributed by atoms with Gasteiger partial charge in [-0.1, -0.05) is 0 Å². The van der Waals surface area contributed by atoms with Crippen molar-refractivity contribution in [1.82, 2.24) is 10.3 Å². The molecule has 1 aliphatic rings. The van der Waals surface area contributed by atoms with Crippen LogP contribution in [0.15, 0.2) is 35.0 Å². The first-order chi connectivity index (χ1) is 14.7. The van der Waals surface area contributed by atoms with E-state index in [0.717, 1.165) is 12.1 Å². The number of aromatic nitrogens is 2. The van der Waals surface area contributed by atoms with Crippen molar-refractivity contribution < 1.29 is 27.6 Å². The summed E-state index contributed by atoms with van der Waals surface area (Å²) in [5.74, 6) is 0. The Morgan fingerprint density at radius 3 is 2.10 bits per heavy atom. The molecule has 162 valence electrons. The molecule has 2 heterocycles. The minimum absolute atomic E-state index is 0.00306. The molecule has 1 aliphatic heterocycles. The average molecular weight is 438 g/mol. The molecule has 1 saturated heterocycles. The Hall–Kier alpha value is -3.97. The van der Waals surface area contributed by atoms with Crippen LogP contribution >= 0.6 is 0 Å². The highest BCUT2D eigenvalue weighted by molar-refractivity contribution is 5.91. The lowest BCUT2D eigenvalue weighted by molar-refractivity contribution is -0.384. The minimum Gasteiger partial charge on any atom is -0.362 e. The predicted molar refractivity (Wildman–Crippen MR) is 101 cm³/mol. The first-order valence-electron chi connectivity index (χ1n) is 8.92. The second-order valence-electron chi connectivity index (χ2n) is 6.75. The number of benzene rings is 2. The maximum atomic E-state index is 12.9. The minimum atomic E-state index is -4.70. The van der Waals surface area contributed by atoms with Crippen molar-refractivity contribution >= 4 is 33.8 Å². The quantitative estimate of drug-likeness (QED) is 0.444. The Bertz CT molecular complexity index is 1170. The Kier molecular flexibility index (Phi) is 4.83. The van der Waals surface area contributed by atoms with E-state index in [1.807, 2.05) is 0 Å². The van der Waals surface area contributed by atoms with Gasteiger partial charge in [-0.3, -0.25) is 20.2 Å². The number of rotatable bonds is 4. The van der Waals surface area contributed by atoms with Crippen LogP contribution in [-0.2, 0) is 6.18 Å². The highest BCUT2D eigenvalue weighted by Crippen LogP contribution is 2.38. The molecule has 31 heavy (non-hydrogen) atoms. The van der Waals surface area contributed by atoms with Gasteiger partial charge in [-0.2, -0.15) is 13.2 Å². The van der Waals surface area contributed by atoms with Crippen LogP contribution in [-0.4, -0.2) is 46.3 Å². The fraction of sp³-hybridized carbons (Fsp3) is 0.294. The number of alkyl halides is 3. The van der Waals surface area contributed by atoms with Crippen LogP contribution in [0.1, 0.15) is 5.56 Å². The van der Waals surface area contributed by atoms with Gasteiger partial charge in [-0.25, -0.2) is 4.63 Å². The zero-order valence-electron chi connectivity index (χ0n) is 15.6. The number of piperazine rings is 1. The van der Waals surface area contributed by atoms with E-state index in [1.54, 1.807) is 9.80 Å². The van der Waals surface area contributed by atoms with Crippen LogP contribution in [0.4, 0.5) is 35.9 Å². The fourth-order valence-corrected chi connectivity index (χ4v) is 3.56. The van der Waals surface area contributed by atoms with Gasteiger partial charge in [0.1, 0.15) is 16.9 Å². The molecule has 14 heteroatoms. The van der Waals surface area contributed by atoms with E-state index in [0.29, 0.717) is 6.07 Å². The summed E-state index contributed by atoms with van der Waals surface area (Å²) in [5, 5.41) is 30.1. The van der Waals surface area contributed by atoms with Gasteiger partial charge >= 0.3 is 11.9 Å². The van der Waals surface area contributed by atoms with Crippen molar-refractivity contribution in [3.63, 3.8) is 0 Å². The topological polar surface area (TPSA) is 132 Å². The summed E-state index contributed by atoms with van der Waals surface area (Å²) < 4.78 is 43.3. The molecular weight excluding hydrogens is 425 g/mol. The number of nitro groups is 2. The smallest absolute Gasteiger partial charge is 0.362 e. The molecule has 1 aromatic heterocycles. The number of halogens is 3. The van der Waals surface area contributed by atoms with Gasteiger partial charge in [0.05, 0.1) is 15.4 Å². The molecule has 0 atom stereocenters. The van der Waals surface area contributed by atoms with Gasteiger partial charge in [-0.05, 0) is 34.6 Å². The monoisotopic (exact) mass is 438 g/mol. The van der Waals surface area contributed by atoms with Crippen LogP contribution in [0.5, 0.6) is 0 Å².